The smallest absolute Gasteiger partial charge is 0.290 e. The molecule has 0 bridgehead atoms. The first-order chi connectivity index (χ1) is 16.2. The molecule has 2 N–H and O–H groups in total. The van der Waals surface area contributed by atoms with Gasteiger partial charge in [-0.25, -0.2) is 9.97 Å². The molecule has 4 heterocycles. The molecule has 9 heteroatoms. The van der Waals surface area contributed by atoms with Crippen molar-refractivity contribution in [1.29, 1.82) is 0 Å². The van der Waals surface area contributed by atoms with Crippen molar-refractivity contribution in [2.75, 3.05) is 24.5 Å². The third-order valence-corrected chi connectivity index (χ3v) is 6.78. The Bertz CT molecular complexity index is 1220. The van der Waals surface area contributed by atoms with Gasteiger partial charge in [0.25, 0.3) is 11.1 Å². The number of carbonyl (C=O) groups excluding carboxylic acids is 2. The molecule has 0 saturated carbocycles. The van der Waals surface area contributed by atoms with Gasteiger partial charge in [-0.1, -0.05) is 18.2 Å². The van der Waals surface area contributed by atoms with E-state index in [1.165, 1.54) is 10.9 Å². The lowest BCUT2D eigenvalue weighted by atomic mass is 9.97. The standard InChI is InChI=1S/C24H24N6O2S/c31-22-21(33-24(32)29-22)13-18-6-10-27-23(28-18)30-11-7-16(8-12-30)14-25-15-17-5-9-26-20-4-2-1-3-19(17)20/h1-6,9-10,13,16,25H,7-8,11-12,14-15H2,(H,29,31,32)/b21-13+. The summed E-state index contributed by atoms with van der Waals surface area (Å²) in [7, 11) is 0. The van der Waals surface area contributed by atoms with Gasteiger partial charge in [-0.3, -0.25) is 19.9 Å². The lowest BCUT2D eigenvalue weighted by Crippen LogP contribution is -2.38. The maximum Gasteiger partial charge on any atom is 0.290 e. The van der Waals surface area contributed by atoms with E-state index in [-0.39, 0.29) is 11.1 Å². The van der Waals surface area contributed by atoms with E-state index < -0.39 is 0 Å². The van der Waals surface area contributed by atoms with Gasteiger partial charge in [0, 0.05) is 37.4 Å². The Morgan fingerprint density at radius 1 is 1.09 bits per heavy atom. The third-order valence-electron chi connectivity index (χ3n) is 5.97. The number of anilines is 1. The van der Waals surface area contributed by atoms with Crippen LogP contribution in [0.2, 0.25) is 0 Å². The number of hydrogen-bond donors (Lipinski definition) is 2. The van der Waals surface area contributed by atoms with E-state index in [0.717, 1.165) is 56.3 Å². The van der Waals surface area contributed by atoms with Crippen molar-refractivity contribution in [3.8, 4) is 0 Å². The molecule has 0 atom stereocenters. The number of nitrogens with zero attached hydrogens (tertiary/aromatic N) is 4. The zero-order valence-corrected chi connectivity index (χ0v) is 18.8. The first-order valence-electron chi connectivity index (χ1n) is 11.0. The van der Waals surface area contributed by atoms with Gasteiger partial charge in [0.2, 0.25) is 5.95 Å². The Labute approximate surface area is 195 Å². The van der Waals surface area contributed by atoms with E-state index in [1.54, 1.807) is 18.3 Å². The fourth-order valence-corrected chi connectivity index (χ4v) is 4.87. The van der Waals surface area contributed by atoms with E-state index in [0.29, 0.717) is 22.5 Å². The number of thioether (sulfide) groups is 1. The molecule has 0 aliphatic carbocycles. The normalized spacial score (nSPS) is 18.3. The number of nitrogens with one attached hydrogen (secondary N) is 2. The van der Waals surface area contributed by atoms with Crippen molar-refractivity contribution in [2.45, 2.75) is 19.4 Å². The number of amides is 2. The van der Waals surface area contributed by atoms with Gasteiger partial charge >= 0.3 is 0 Å². The highest BCUT2D eigenvalue weighted by atomic mass is 32.2. The lowest BCUT2D eigenvalue weighted by Gasteiger charge is -2.32. The van der Waals surface area contributed by atoms with E-state index in [9.17, 15) is 9.59 Å². The first-order valence-corrected chi connectivity index (χ1v) is 11.8. The van der Waals surface area contributed by atoms with Crippen molar-refractivity contribution >= 4 is 45.8 Å². The topological polar surface area (TPSA) is 100 Å². The van der Waals surface area contributed by atoms with Crippen molar-refractivity contribution in [1.82, 2.24) is 25.6 Å². The van der Waals surface area contributed by atoms with Crippen LogP contribution >= 0.6 is 11.8 Å². The molecule has 5 rings (SSSR count). The Morgan fingerprint density at radius 2 is 1.91 bits per heavy atom. The predicted octanol–water partition coefficient (Wildman–Crippen LogP) is 3.35. The second kappa shape index (κ2) is 9.68. The van der Waals surface area contributed by atoms with Crippen molar-refractivity contribution in [2.24, 2.45) is 5.92 Å². The number of para-hydroxylation sites is 1. The average molecular weight is 461 g/mol. The van der Waals surface area contributed by atoms with Crippen LogP contribution in [-0.4, -0.2) is 45.7 Å². The van der Waals surface area contributed by atoms with Crippen LogP contribution in [-0.2, 0) is 11.3 Å². The number of carbonyl (C=O) groups is 2. The van der Waals surface area contributed by atoms with Gasteiger partial charge in [-0.15, -0.1) is 0 Å². The van der Waals surface area contributed by atoms with Gasteiger partial charge in [0.1, 0.15) is 0 Å². The summed E-state index contributed by atoms with van der Waals surface area (Å²) in [6.07, 6.45) is 7.32. The minimum atomic E-state index is -0.377. The molecular formula is C24H24N6O2S. The summed E-state index contributed by atoms with van der Waals surface area (Å²) in [6, 6.07) is 12.1. The largest absolute Gasteiger partial charge is 0.341 e. The predicted molar refractivity (Wildman–Crippen MR) is 130 cm³/mol. The van der Waals surface area contributed by atoms with Crippen LogP contribution in [0.3, 0.4) is 0 Å². The van der Waals surface area contributed by atoms with Gasteiger partial charge < -0.3 is 10.2 Å². The van der Waals surface area contributed by atoms with Crippen molar-refractivity contribution < 1.29 is 9.59 Å². The number of hydrogen-bond acceptors (Lipinski definition) is 8. The molecule has 2 aromatic heterocycles. The SMILES string of the molecule is O=C1NC(=O)/C(=C\c2ccnc(N3CCC(CNCc4ccnc5ccccc45)CC3)n2)S1. The van der Waals surface area contributed by atoms with E-state index in [1.807, 2.05) is 18.3 Å². The molecule has 1 aromatic carbocycles. The molecule has 2 amide bonds. The molecular weight excluding hydrogens is 436 g/mol. The fraction of sp³-hybridized carbons (Fsp3) is 0.292. The van der Waals surface area contributed by atoms with Crippen LogP contribution in [0.5, 0.6) is 0 Å². The number of benzene rings is 1. The fourth-order valence-electron chi connectivity index (χ4n) is 4.21. The number of rotatable bonds is 6. The third kappa shape index (κ3) is 5.04. The van der Waals surface area contributed by atoms with Crippen LogP contribution < -0.4 is 15.5 Å². The Morgan fingerprint density at radius 3 is 2.73 bits per heavy atom. The second-order valence-corrected chi connectivity index (χ2v) is 9.20. The summed E-state index contributed by atoms with van der Waals surface area (Å²) in [4.78, 5) is 39.1. The maximum absolute atomic E-state index is 11.8. The molecule has 0 radical (unpaired) electrons. The van der Waals surface area contributed by atoms with E-state index in [2.05, 4.69) is 48.7 Å². The highest BCUT2D eigenvalue weighted by Crippen LogP contribution is 2.26. The van der Waals surface area contributed by atoms with Crippen LogP contribution in [0.25, 0.3) is 17.0 Å². The maximum atomic E-state index is 11.8. The van der Waals surface area contributed by atoms with Crippen LogP contribution in [0.15, 0.2) is 53.7 Å². The Balaban J connectivity index is 1.14. The lowest BCUT2D eigenvalue weighted by molar-refractivity contribution is -0.115. The number of fused-ring (bicyclic) bond motifs is 1. The summed E-state index contributed by atoms with van der Waals surface area (Å²) in [5.74, 6) is 0.885. The minimum Gasteiger partial charge on any atom is -0.341 e. The minimum absolute atomic E-state index is 0.353. The van der Waals surface area contributed by atoms with E-state index in [4.69, 9.17) is 0 Å². The van der Waals surface area contributed by atoms with Crippen LogP contribution in [0.1, 0.15) is 24.1 Å². The molecule has 3 aromatic rings. The number of imide groups is 1. The zero-order valence-electron chi connectivity index (χ0n) is 18.0. The van der Waals surface area contributed by atoms with Crippen molar-refractivity contribution in [3.05, 3.63) is 65.0 Å². The quantitative estimate of drug-likeness (QED) is 0.540. The van der Waals surface area contributed by atoms with Crippen LogP contribution in [0.4, 0.5) is 10.7 Å². The molecule has 0 spiro atoms. The molecule has 8 nitrogen and oxygen atoms in total. The van der Waals surface area contributed by atoms with Gasteiger partial charge in [0.05, 0.1) is 16.1 Å². The van der Waals surface area contributed by atoms with Gasteiger partial charge in [0.15, 0.2) is 0 Å². The molecule has 2 saturated heterocycles. The van der Waals surface area contributed by atoms with Crippen LogP contribution in [0, 0.1) is 5.92 Å². The monoisotopic (exact) mass is 460 g/mol. The summed E-state index contributed by atoms with van der Waals surface area (Å²) in [6.45, 7) is 3.57. The molecule has 2 aliphatic rings. The molecule has 168 valence electrons. The van der Waals surface area contributed by atoms with E-state index >= 15 is 0 Å². The first kappa shape index (κ1) is 21.5. The Kier molecular flexibility index (Phi) is 6.32. The average Bonchev–Trinajstić information content (AvgIpc) is 3.16. The highest BCUT2D eigenvalue weighted by Gasteiger charge is 2.25. The van der Waals surface area contributed by atoms with Gasteiger partial charge in [-0.2, -0.15) is 0 Å². The molecule has 0 unspecified atom stereocenters. The summed E-state index contributed by atoms with van der Waals surface area (Å²) in [5.41, 5.74) is 2.93. The summed E-state index contributed by atoms with van der Waals surface area (Å²) in [5, 5.41) is 6.73. The van der Waals surface area contributed by atoms with Crippen molar-refractivity contribution in [3.63, 3.8) is 0 Å². The summed E-state index contributed by atoms with van der Waals surface area (Å²) < 4.78 is 0. The Hall–Kier alpha value is -3.30. The second-order valence-electron chi connectivity index (χ2n) is 8.18. The molecule has 2 aliphatic heterocycles. The zero-order chi connectivity index (χ0) is 22.6. The molecule has 2 fully saturated rings. The van der Waals surface area contributed by atoms with Gasteiger partial charge in [-0.05, 0) is 66.9 Å². The summed E-state index contributed by atoms with van der Waals surface area (Å²) >= 11 is 0.894. The number of aromatic nitrogens is 3. The number of pyridine rings is 1. The number of piperidine rings is 1. The molecule has 33 heavy (non-hydrogen) atoms. The highest BCUT2D eigenvalue weighted by molar-refractivity contribution is 8.18.